The van der Waals surface area contributed by atoms with E-state index in [2.05, 4.69) is 84.3 Å². The van der Waals surface area contributed by atoms with Crippen LogP contribution in [0.5, 0.6) is 0 Å². The van der Waals surface area contributed by atoms with Gasteiger partial charge >= 0.3 is 0 Å². The van der Waals surface area contributed by atoms with Crippen LogP contribution in [-0.2, 0) is 12.8 Å². The highest BCUT2D eigenvalue weighted by atomic mass is 79.9. The fourth-order valence-corrected chi connectivity index (χ4v) is 4.81. The summed E-state index contributed by atoms with van der Waals surface area (Å²) in [7, 11) is 0. The standard InChI is InChI=1S/C28H42N2.2BrH/c1-25(13-9-11-19-27-15-5-3-6-16-27)29-21-23-30(24-22-29)26(2)14-10-12-20-28-17-7-4-8-18-28;;/h3-8,15-18,25-26H,9-14,19-24H2,1-2H3;2*1H. The molecule has 0 radical (unpaired) electrons. The predicted molar refractivity (Wildman–Crippen MR) is 151 cm³/mol. The van der Waals surface area contributed by atoms with Crippen molar-refractivity contribution in [2.45, 2.75) is 77.3 Å². The van der Waals surface area contributed by atoms with E-state index >= 15 is 0 Å². The third-order valence-electron chi connectivity index (χ3n) is 6.96. The number of nitrogens with zero attached hydrogens (tertiary/aromatic N) is 2. The van der Waals surface area contributed by atoms with Gasteiger partial charge in [-0.15, -0.1) is 34.0 Å². The number of benzene rings is 2. The second kappa shape index (κ2) is 16.9. The Hall–Kier alpha value is -0.680. The predicted octanol–water partition coefficient (Wildman–Crippen LogP) is 7.36. The molecule has 1 aliphatic rings. The van der Waals surface area contributed by atoms with Crippen molar-refractivity contribution < 1.29 is 0 Å². The average molecular weight is 568 g/mol. The van der Waals surface area contributed by atoms with E-state index in [0.29, 0.717) is 0 Å². The summed E-state index contributed by atoms with van der Waals surface area (Å²) < 4.78 is 0. The molecule has 2 atom stereocenters. The number of hydrogen-bond donors (Lipinski definition) is 0. The van der Waals surface area contributed by atoms with Crippen molar-refractivity contribution in [1.29, 1.82) is 0 Å². The first-order chi connectivity index (χ1) is 14.7. The molecule has 2 aromatic rings. The summed E-state index contributed by atoms with van der Waals surface area (Å²) in [6.45, 7) is 9.85. The Morgan fingerprint density at radius 2 is 0.906 bits per heavy atom. The molecule has 0 saturated carbocycles. The Bertz CT molecular complexity index is 626. The zero-order valence-corrected chi connectivity index (χ0v) is 23.6. The van der Waals surface area contributed by atoms with E-state index in [9.17, 15) is 0 Å². The van der Waals surface area contributed by atoms with Gasteiger partial charge in [-0.25, -0.2) is 0 Å². The number of piperazine rings is 1. The van der Waals surface area contributed by atoms with Crippen LogP contribution >= 0.6 is 34.0 Å². The van der Waals surface area contributed by atoms with Crippen LogP contribution in [0.2, 0.25) is 0 Å². The first-order valence-corrected chi connectivity index (χ1v) is 12.3. The van der Waals surface area contributed by atoms with E-state index in [-0.39, 0.29) is 34.0 Å². The summed E-state index contributed by atoms with van der Waals surface area (Å²) >= 11 is 0. The van der Waals surface area contributed by atoms with Gasteiger partial charge in [0.25, 0.3) is 0 Å². The number of rotatable bonds is 12. The lowest BCUT2D eigenvalue weighted by molar-refractivity contribution is 0.0720. The number of halogens is 2. The van der Waals surface area contributed by atoms with Crippen molar-refractivity contribution in [3.05, 3.63) is 71.8 Å². The van der Waals surface area contributed by atoms with Gasteiger partial charge in [0.15, 0.2) is 0 Å². The van der Waals surface area contributed by atoms with E-state index in [1.54, 1.807) is 0 Å². The van der Waals surface area contributed by atoms with Crippen LogP contribution < -0.4 is 0 Å². The molecule has 0 spiro atoms. The van der Waals surface area contributed by atoms with Crippen LogP contribution in [-0.4, -0.2) is 48.1 Å². The molecule has 2 unspecified atom stereocenters. The van der Waals surface area contributed by atoms with E-state index in [1.165, 1.54) is 88.7 Å². The molecule has 0 aliphatic carbocycles. The van der Waals surface area contributed by atoms with Crippen molar-refractivity contribution in [1.82, 2.24) is 9.80 Å². The second-order valence-electron chi connectivity index (χ2n) is 9.23. The lowest BCUT2D eigenvalue weighted by Crippen LogP contribution is -2.52. The third kappa shape index (κ3) is 10.5. The zero-order valence-electron chi connectivity index (χ0n) is 20.1. The van der Waals surface area contributed by atoms with Crippen molar-refractivity contribution >= 4 is 34.0 Å². The molecule has 0 bridgehead atoms. The molecular weight excluding hydrogens is 524 g/mol. The quantitative estimate of drug-likeness (QED) is 0.247. The summed E-state index contributed by atoms with van der Waals surface area (Å²) in [6.07, 6.45) is 10.4. The highest BCUT2D eigenvalue weighted by Crippen LogP contribution is 2.17. The van der Waals surface area contributed by atoms with Gasteiger partial charge in [0, 0.05) is 38.3 Å². The summed E-state index contributed by atoms with van der Waals surface area (Å²) in [5.41, 5.74) is 2.97. The van der Waals surface area contributed by atoms with Crippen LogP contribution in [0.25, 0.3) is 0 Å². The van der Waals surface area contributed by atoms with Gasteiger partial charge in [-0.2, -0.15) is 0 Å². The topological polar surface area (TPSA) is 6.48 Å². The molecule has 0 amide bonds. The SMILES string of the molecule is Br.Br.CC(CCCCc1ccccc1)N1CCN(C(C)CCCCc2ccccc2)CC1. The van der Waals surface area contributed by atoms with Crippen molar-refractivity contribution in [2.75, 3.05) is 26.2 Å². The number of unbranched alkanes of at least 4 members (excludes halogenated alkanes) is 2. The van der Waals surface area contributed by atoms with Crippen LogP contribution in [0.3, 0.4) is 0 Å². The molecule has 1 heterocycles. The molecule has 1 saturated heterocycles. The van der Waals surface area contributed by atoms with Crippen LogP contribution in [0.1, 0.15) is 63.5 Å². The lowest BCUT2D eigenvalue weighted by atomic mass is 10.0. The molecule has 2 aromatic carbocycles. The van der Waals surface area contributed by atoms with Gasteiger partial charge < -0.3 is 0 Å². The van der Waals surface area contributed by atoms with Crippen molar-refractivity contribution in [2.24, 2.45) is 0 Å². The Balaban J connectivity index is 0.00000256. The highest BCUT2D eigenvalue weighted by Gasteiger charge is 2.23. The molecule has 2 nitrogen and oxygen atoms in total. The molecule has 0 N–H and O–H groups in total. The van der Waals surface area contributed by atoms with E-state index in [0.717, 1.165) is 12.1 Å². The Morgan fingerprint density at radius 1 is 0.562 bits per heavy atom. The average Bonchev–Trinajstić information content (AvgIpc) is 2.81. The van der Waals surface area contributed by atoms with Gasteiger partial charge in [0.1, 0.15) is 0 Å². The molecule has 180 valence electrons. The summed E-state index contributed by atoms with van der Waals surface area (Å²) in [6, 6.07) is 23.3. The number of aryl methyl sites for hydroxylation is 2. The smallest absolute Gasteiger partial charge is 0.0113 e. The van der Waals surface area contributed by atoms with E-state index in [4.69, 9.17) is 0 Å². The highest BCUT2D eigenvalue weighted by molar-refractivity contribution is 8.93. The molecule has 3 rings (SSSR count). The maximum absolute atomic E-state index is 2.72. The molecular formula is C28H44Br2N2. The molecule has 1 fully saturated rings. The zero-order chi connectivity index (χ0) is 21.0. The Kier molecular flexibility index (Phi) is 15.5. The maximum Gasteiger partial charge on any atom is 0.0113 e. The third-order valence-corrected chi connectivity index (χ3v) is 6.96. The second-order valence-corrected chi connectivity index (χ2v) is 9.23. The van der Waals surface area contributed by atoms with Gasteiger partial charge in [-0.05, 0) is 63.5 Å². The Labute approximate surface area is 218 Å². The maximum atomic E-state index is 2.72. The first kappa shape index (κ1) is 29.4. The van der Waals surface area contributed by atoms with Crippen LogP contribution in [0, 0.1) is 0 Å². The number of hydrogen-bond acceptors (Lipinski definition) is 2. The fraction of sp³-hybridized carbons (Fsp3) is 0.571. The molecule has 1 aliphatic heterocycles. The van der Waals surface area contributed by atoms with Crippen molar-refractivity contribution in [3.8, 4) is 0 Å². The van der Waals surface area contributed by atoms with Gasteiger partial charge in [-0.3, -0.25) is 9.80 Å². The van der Waals surface area contributed by atoms with Crippen LogP contribution in [0.4, 0.5) is 0 Å². The van der Waals surface area contributed by atoms with Gasteiger partial charge in [0.05, 0.1) is 0 Å². The minimum atomic E-state index is 0. The fourth-order valence-electron chi connectivity index (χ4n) is 4.81. The molecule has 0 aromatic heterocycles. The molecule has 32 heavy (non-hydrogen) atoms. The molecule has 4 heteroatoms. The van der Waals surface area contributed by atoms with Crippen LogP contribution in [0.15, 0.2) is 60.7 Å². The first-order valence-electron chi connectivity index (χ1n) is 12.3. The normalized spacial score (nSPS) is 16.6. The summed E-state index contributed by atoms with van der Waals surface area (Å²) in [4.78, 5) is 5.45. The van der Waals surface area contributed by atoms with Crippen molar-refractivity contribution in [3.63, 3.8) is 0 Å². The van der Waals surface area contributed by atoms with E-state index in [1.807, 2.05) is 0 Å². The minimum absolute atomic E-state index is 0. The Morgan fingerprint density at radius 3 is 1.25 bits per heavy atom. The minimum Gasteiger partial charge on any atom is -0.298 e. The van der Waals surface area contributed by atoms with E-state index < -0.39 is 0 Å². The monoisotopic (exact) mass is 566 g/mol. The lowest BCUT2D eigenvalue weighted by Gasteiger charge is -2.40. The van der Waals surface area contributed by atoms with Gasteiger partial charge in [-0.1, -0.05) is 73.5 Å². The summed E-state index contributed by atoms with van der Waals surface area (Å²) in [5, 5.41) is 0. The summed E-state index contributed by atoms with van der Waals surface area (Å²) in [5.74, 6) is 0. The largest absolute Gasteiger partial charge is 0.298 e. The van der Waals surface area contributed by atoms with Gasteiger partial charge in [0.2, 0.25) is 0 Å².